The number of fused-ring (bicyclic) bond motifs is 10. The molecular weight excluding hydrogens is 671 g/mol. The van der Waals surface area contributed by atoms with Gasteiger partial charge in [-0.05, 0) is 58.7 Å². The van der Waals surface area contributed by atoms with Crippen molar-refractivity contribution in [1.82, 2.24) is 0 Å². The first kappa shape index (κ1) is 29.5. The highest BCUT2D eigenvalue weighted by Gasteiger charge is 2.25. The van der Waals surface area contributed by atoms with Gasteiger partial charge in [0.15, 0.2) is 0 Å². The zero-order valence-corrected chi connectivity index (χ0v) is 29.5. The van der Waals surface area contributed by atoms with Crippen LogP contribution in [0.1, 0.15) is 0 Å². The predicted octanol–water partition coefficient (Wildman–Crippen LogP) is 15.1. The maximum Gasteiger partial charge on any atom is 0.138 e. The Morgan fingerprint density at radius 1 is 0.365 bits per heavy atom. The van der Waals surface area contributed by atoms with Crippen LogP contribution in [-0.2, 0) is 0 Å². The second-order valence-electron chi connectivity index (χ2n) is 13.2. The van der Waals surface area contributed by atoms with E-state index in [0.717, 1.165) is 33.6 Å². The minimum absolute atomic E-state index is 0.902. The van der Waals surface area contributed by atoms with E-state index in [1.807, 2.05) is 22.7 Å². The summed E-state index contributed by atoms with van der Waals surface area (Å²) in [6.07, 6.45) is 0. The van der Waals surface area contributed by atoms with Gasteiger partial charge in [-0.1, -0.05) is 133 Å². The highest BCUT2D eigenvalue weighted by atomic mass is 32.1. The number of anilines is 3. The minimum Gasteiger partial charge on any atom is -0.456 e. The fourth-order valence-corrected chi connectivity index (χ4v) is 10.3. The molecule has 244 valence electrons. The van der Waals surface area contributed by atoms with Crippen molar-refractivity contribution in [3.63, 3.8) is 0 Å². The van der Waals surface area contributed by atoms with E-state index in [2.05, 4.69) is 181 Å². The van der Waals surface area contributed by atoms with E-state index in [-0.39, 0.29) is 0 Å². The third-order valence-corrected chi connectivity index (χ3v) is 12.7. The summed E-state index contributed by atoms with van der Waals surface area (Å²) >= 11 is 3.72. The van der Waals surface area contributed by atoms with E-state index in [9.17, 15) is 0 Å². The lowest BCUT2D eigenvalue weighted by atomic mass is 9.99. The molecule has 0 atom stereocenters. The van der Waals surface area contributed by atoms with E-state index < -0.39 is 0 Å². The predicted molar refractivity (Wildman–Crippen MR) is 225 cm³/mol. The Morgan fingerprint density at radius 2 is 0.923 bits per heavy atom. The van der Waals surface area contributed by atoms with E-state index in [4.69, 9.17) is 4.42 Å². The molecule has 0 saturated heterocycles. The standard InChI is InChI=1S/C48H29NOS2/c1-2-11-30(12-3-1)31-21-23-32(24-22-31)33-25-27-34(28-26-33)49(39-17-10-16-36-35-13-5-8-19-43(35)51-47(36)39)40-29-42-46(37-14-4-7-18-41(37)50-42)48-45(40)38-15-6-9-20-44(38)52-48/h1-29H. The normalized spacial score (nSPS) is 11.8. The van der Waals surface area contributed by atoms with Crippen molar-refractivity contribution >= 4 is 102 Å². The molecule has 0 radical (unpaired) electrons. The molecule has 2 nitrogen and oxygen atoms in total. The Morgan fingerprint density at radius 3 is 1.67 bits per heavy atom. The Bertz CT molecular complexity index is 3110. The first-order valence-corrected chi connectivity index (χ1v) is 19.1. The maximum atomic E-state index is 6.66. The second-order valence-corrected chi connectivity index (χ2v) is 15.4. The highest BCUT2D eigenvalue weighted by molar-refractivity contribution is 7.27. The second kappa shape index (κ2) is 11.7. The Labute approximate surface area is 308 Å². The molecule has 8 aromatic carbocycles. The van der Waals surface area contributed by atoms with Crippen LogP contribution in [0.3, 0.4) is 0 Å². The lowest BCUT2D eigenvalue weighted by Crippen LogP contribution is -2.10. The molecule has 11 rings (SSSR count). The fraction of sp³-hybridized carbons (Fsp3) is 0. The molecule has 0 unspecified atom stereocenters. The molecule has 0 saturated carbocycles. The average Bonchev–Trinajstić information content (AvgIpc) is 3.90. The van der Waals surface area contributed by atoms with Crippen molar-refractivity contribution in [2.24, 2.45) is 0 Å². The van der Waals surface area contributed by atoms with Crippen LogP contribution in [-0.4, -0.2) is 0 Å². The van der Waals surface area contributed by atoms with Gasteiger partial charge >= 0.3 is 0 Å². The van der Waals surface area contributed by atoms with Crippen LogP contribution in [0.5, 0.6) is 0 Å². The van der Waals surface area contributed by atoms with E-state index in [1.165, 1.54) is 68.0 Å². The molecule has 11 aromatic rings. The topological polar surface area (TPSA) is 16.4 Å². The molecule has 0 aliphatic rings. The van der Waals surface area contributed by atoms with Gasteiger partial charge in [0.05, 0.1) is 16.1 Å². The SMILES string of the molecule is c1ccc(-c2ccc(-c3ccc(N(c4cccc5c4sc4ccccc45)c4cc5oc6ccccc6c5c5sc6ccccc6c45)cc3)cc2)cc1. The summed E-state index contributed by atoms with van der Waals surface area (Å²) in [7, 11) is 0. The van der Waals surface area contributed by atoms with Gasteiger partial charge < -0.3 is 9.32 Å². The van der Waals surface area contributed by atoms with Crippen LogP contribution in [0.2, 0.25) is 0 Å². The van der Waals surface area contributed by atoms with Crippen molar-refractivity contribution in [2.75, 3.05) is 4.90 Å². The third kappa shape index (κ3) is 4.55. The number of benzene rings is 8. The van der Waals surface area contributed by atoms with Crippen LogP contribution in [0.4, 0.5) is 17.1 Å². The van der Waals surface area contributed by atoms with Gasteiger partial charge in [0, 0.05) is 58.2 Å². The number of thiophene rings is 2. The number of furan rings is 1. The monoisotopic (exact) mass is 699 g/mol. The van der Waals surface area contributed by atoms with Gasteiger partial charge in [-0.25, -0.2) is 0 Å². The lowest BCUT2D eigenvalue weighted by Gasteiger charge is -2.27. The number of hydrogen-bond acceptors (Lipinski definition) is 4. The van der Waals surface area contributed by atoms with Gasteiger partial charge in [0.1, 0.15) is 11.2 Å². The zero-order chi connectivity index (χ0) is 34.2. The van der Waals surface area contributed by atoms with Gasteiger partial charge in [-0.15, -0.1) is 22.7 Å². The van der Waals surface area contributed by atoms with Crippen LogP contribution < -0.4 is 4.90 Å². The Kier molecular flexibility index (Phi) is 6.63. The van der Waals surface area contributed by atoms with Crippen LogP contribution in [0.15, 0.2) is 180 Å². The van der Waals surface area contributed by atoms with Gasteiger partial charge in [0.25, 0.3) is 0 Å². The van der Waals surface area contributed by atoms with Crippen molar-refractivity contribution in [3.05, 3.63) is 176 Å². The summed E-state index contributed by atoms with van der Waals surface area (Å²) in [5.74, 6) is 0. The summed E-state index contributed by atoms with van der Waals surface area (Å²) in [6.45, 7) is 0. The van der Waals surface area contributed by atoms with Crippen LogP contribution in [0, 0.1) is 0 Å². The molecule has 3 heterocycles. The Hall–Kier alpha value is -6.20. The molecule has 3 aromatic heterocycles. The van der Waals surface area contributed by atoms with Gasteiger partial charge in [0.2, 0.25) is 0 Å². The smallest absolute Gasteiger partial charge is 0.138 e. The Balaban J connectivity index is 1.16. The van der Waals surface area contributed by atoms with Gasteiger partial charge in [-0.3, -0.25) is 0 Å². The summed E-state index contributed by atoms with van der Waals surface area (Å²) in [5.41, 5.74) is 10.0. The molecule has 0 amide bonds. The first-order chi connectivity index (χ1) is 25.8. The minimum atomic E-state index is 0.902. The molecule has 0 aliphatic heterocycles. The fourth-order valence-electron chi connectivity index (χ4n) is 7.85. The first-order valence-electron chi connectivity index (χ1n) is 17.5. The highest BCUT2D eigenvalue weighted by Crippen LogP contribution is 2.52. The summed E-state index contributed by atoms with van der Waals surface area (Å²) in [5, 5.41) is 7.41. The number of nitrogens with zero attached hydrogens (tertiary/aromatic N) is 1. The molecule has 4 heteroatoms. The summed E-state index contributed by atoms with van der Waals surface area (Å²) in [6, 6.07) is 63.5. The molecule has 0 aliphatic carbocycles. The van der Waals surface area contributed by atoms with E-state index >= 15 is 0 Å². The molecule has 52 heavy (non-hydrogen) atoms. The lowest BCUT2D eigenvalue weighted by molar-refractivity contribution is 0.669. The number of para-hydroxylation sites is 1. The number of rotatable bonds is 5. The van der Waals surface area contributed by atoms with Crippen LogP contribution in [0.25, 0.3) is 84.5 Å². The van der Waals surface area contributed by atoms with Crippen molar-refractivity contribution in [2.45, 2.75) is 0 Å². The van der Waals surface area contributed by atoms with Crippen molar-refractivity contribution < 1.29 is 4.42 Å². The average molecular weight is 700 g/mol. The molecular formula is C48H29NOS2. The molecule has 0 bridgehead atoms. The van der Waals surface area contributed by atoms with Crippen LogP contribution >= 0.6 is 22.7 Å². The van der Waals surface area contributed by atoms with Gasteiger partial charge in [-0.2, -0.15) is 0 Å². The third-order valence-electron chi connectivity index (χ3n) is 10.3. The molecule has 0 spiro atoms. The molecule has 0 fully saturated rings. The number of hydrogen-bond donors (Lipinski definition) is 0. The zero-order valence-electron chi connectivity index (χ0n) is 27.9. The summed E-state index contributed by atoms with van der Waals surface area (Å²) in [4.78, 5) is 2.47. The summed E-state index contributed by atoms with van der Waals surface area (Å²) < 4.78 is 11.7. The van der Waals surface area contributed by atoms with Crippen molar-refractivity contribution in [1.29, 1.82) is 0 Å². The maximum absolute atomic E-state index is 6.66. The van der Waals surface area contributed by atoms with E-state index in [1.54, 1.807) is 0 Å². The largest absolute Gasteiger partial charge is 0.456 e. The van der Waals surface area contributed by atoms with Crippen molar-refractivity contribution in [3.8, 4) is 22.3 Å². The quantitative estimate of drug-likeness (QED) is 0.178. The molecule has 0 N–H and O–H groups in total. The van der Waals surface area contributed by atoms with E-state index in [0.29, 0.717) is 0 Å².